The topological polar surface area (TPSA) is 11.4 Å². The molecule has 3 nitrogen and oxygen atoms in total. The highest BCUT2D eigenvalue weighted by molar-refractivity contribution is 7.00. The van der Waals surface area contributed by atoms with Crippen molar-refractivity contribution in [3.05, 3.63) is 260 Å². The summed E-state index contributed by atoms with van der Waals surface area (Å²) in [6.07, 6.45) is 12.4. The van der Waals surface area contributed by atoms with Crippen LogP contribution in [0.2, 0.25) is 0 Å². The normalized spacial score (nSPS) is 12.9. The molecule has 13 rings (SSSR count). The summed E-state index contributed by atoms with van der Waals surface area (Å²) in [6, 6.07) is 86.5. The van der Waals surface area contributed by atoms with Crippen LogP contribution in [0.15, 0.2) is 249 Å². The third-order valence-electron chi connectivity index (χ3n) is 15.9. The number of nitrogens with zero attached hydrogens (tertiary/aromatic N) is 3. The fourth-order valence-corrected chi connectivity index (χ4v) is 12.5. The van der Waals surface area contributed by atoms with E-state index in [1.54, 1.807) is 0 Å². The number of anilines is 6. The Hall–Kier alpha value is -8.86. The first-order valence-electron chi connectivity index (χ1n) is 27.3. The number of benzene rings is 10. The van der Waals surface area contributed by atoms with E-state index in [2.05, 4.69) is 284 Å². The van der Waals surface area contributed by atoms with Crippen molar-refractivity contribution in [3.63, 3.8) is 0 Å². The minimum absolute atomic E-state index is 0.0968. The minimum Gasteiger partial charge on any atom is -0.311 e. The molecule has 2 aliphatic rings. The molecule has 0 saturated heterocycles. The van der Waals surface area contributed by atoms with Gasteiger partial charge in [-0.3, -0.25) is 0 Å². The molecule has 366 valence electrons. The van der Waals surface area contributed by atoms with Gasteiger partial charge in [0.05, 0.1) is 22.4 Å². The maximum atomic E-state index is 2.67. The van der Waals surface area contributed by atoms with Crippen LogP contribution in [-0.2, 0) is 6.42 Å². The highest BCUT2D eigenvalue weighted by atomic mass is 15.2. The summed E-state index contributed by atoms with van der Waals surface area (Å²) < 4.78 is 2.48. The van der Waals surface area contributed by atoms with Crippen LogP contribution in [0.4, 0.5) is 34.1 Å². The van der Waals surface area contributed by atoms with Gasteiger partial charge in [-0.2, -0.15) is 0 Å². The molecule has 0 fully saturated rings. The van der Waals surface area contributed by atoms with Gasteiger partial charge in [0.2, 0.25) is 0 Å². The molecule has 3 heterocycles. The Morgan fingerprint density at radius 1 is 0.447 bits per heavy atom. The summed E-state index contributed by atoms with van der Waals surface area (Å²) in [6.45, 7) is 6.50. The van der Waals surface area contributed by atoms with Crippen molar-refractivity contribution < 1.29 is 0 Å². The maximum Gasteiger partial charge on any atom is 0.252 e. The van der Waals surface area contributed by atoms with E-state index in [0.29, 0.717) is 0 Å². The summed E-state index contributed by atoms with van der Waals surface area (Å²) in [5, 5.41) is 2.51. The summed E-state index contributed by atoms with van der Waals surface area (Å²) >= 11 is 0. The molecule has 0 unspecified atom stereocenters. The van der Waals surface area contributed by atoms with Crippen LogP contribution < -0.4 is 26.2 Å². The van der Waals surface area contributed by atoms with Crippen LogP contribution >= 0.6 is 0 Å². The first-order valence-corrected chi connectivity index (χ1v) is 27.3. The number of aromatic nitrogens is 1. The number of unbranched alkanes of at least 4 members (excludes halogenated alkanes) is 3. The van der Waals surface area contributed by atoms with Gasteiger partial charge in [-0.25, -0.2) is 0 Å². The van der Waals surface area contributed by atoms with Gasteiger partial charge < -0.3 is 14.4 Å². The van der Waals surface area contributed by atoms with E-state index in [0.717, 1.165) is 24.2 Å². The number of hydrogen-bond acceptors (Lipinski definition) is 2. The zero-order chi connectivity index (χ0) is 51.1. The summed E-state index contributed by atoms with van der Waals surface area (Å²) in [4.78, 5) is 5.31. The molecule has 0 saturated carbocycles. The van der Waals surface area contributed by atoms with Crippen molar-refractivity contribution >= 4 is 84.6 Å². The fourth-order valence-electron chi connectivity index (χ4n) is 12.5. The zero-order valence-electron chi connectivity index (χ0n) is 43.6. The second kappa shape index (κ2) is 20.1. The second-order valence-electron chi connectivity index (χ2n) is 20.4. The van der Waals surface area contributed by atoms with Gasteiger partial charge in [0.1, 0.15) is 0 Å². The second-order valence-corrected chi connectivity index (χ2v) is 20.4. The number of hydrogen-bond donors (Lipinski definition) is 0. The van der Waals surface area contributed by atoms with Crippen LogP contribution in [0.1, 0.15) is 57.6 Å². The summed E-state index contributed by atoms with van der Waals surface area (Å²) in [7, 11) is 0. The minimum atomic E-state index is -0.0968. The molecule has 0 spiro atoms. The first kappa shape index (κ1) is 46.9. The van der Waals surface area contributed by atoms with Crippen molar-refractivity contribution in [2.24, 2.45) is 0 Å². The monoisotopic (exact) mass is 977 g/mol. The molecule has 1 aromatic heterocycles. The maximum absolute atomic E-state index is 2.67. The summed E-state index contributed by atoms with van der Waals surface area (Å²) in [5.41, 5.74) is 25.5. The molecule has 0 N–H and O–H groups in total. The van der Waals surface area contributed by atoms with Crippen LogP contribution in [0.5, 0.6) is 0 Å². The van der Waals surface area contributed by atoms with Crippen molar-refractivity contribution in [3.8, 4) is 39.1 Å². The highest BCUT2D eigenvalue weighted by Crippen LogP contribution is 2.51. The molecule has 2 aliphatic heterocycles. The van der Waals surface area contributed by atoms with Gasteiger partial charge in [-0.1, -0.05) is 226 Å². The van der Waals surface area contributed by atoms with Crippen LogP contribution in [-0.4, -0.2) is 11.3 Å². The zero-order valence-corrected chi connectivity index (χ0v) is 43.6. The Bertz CT molecular complexity index is 3910. The molecular weight excluding hydrogens is 918 g/mol. The Labute approximate surface area is 448 Å². The standard InChI is InChI=1S/C72H60BN3/c1-4-7-8-12-27-50-46-69-71-70(47-50)76(72-58(53-30-15-10-16-31-53)37-25-38-59(72)54-32-17-11-18-33-54)67-45-42-55(52-28-13-9-14-29-52)48-63(67)73(71)62-44-43-56(74-65-40-23-20-35-60(65)61-36-21-24-41-66(61)74)49-68(62)75(69)64-39-22-19-34-57(64)51(6-3)26-5-2/h5-6,9-11,13-26,28-49H,4,7-8,12,27H2,1-3H3/b26-5-,51-6+. The van der Waals surface area contributed by atoms with Gasteiger partial charge in [0.25, 0.3) is 6.71 Å². The van der Waals surface area contributed by atoms with Crippen molar-refractivity contribution in [2.75, 3.05) is 9.80 Å². The van der Waals surface area contributed by atoms with Crippen molar-refractivity contribution in [1.29, 1.82) is 0 Å². The Morgan fingerprint density at radius 2 is 1.05 bits per heavy atom. The van der Waals surface area contributed by atoms with Crippen LogP contribution in [0.3, 0.4) is 0 Å². The van der Waals surface area contributed by atoms with Gasteiger partial charge in [0, 0.05) is 55.9 Å². The highest BCUT2D eigenvalue weighted by Gasteiger charge is 2.45. The fraction of sp³-hybridized carbons (Fsp3) is 0.111. The lowest BCUT2D eigenvalue weighted by Crippen LogP contribution is -2.61. The van der Waals surface area contributed by atoms with Crippen molar-refractivity contribution in [2.45, 2.75) is 52.9 Å². The number of aryl methyl sites for hydroxylation is 1. The van der Waals surface area contributed by atoms with E-state index in [1.165, 1.54) is 136 Å². The largest absolute Gasteiger partial charge is 0.311 e. The SMILES string of the molecule is C/C=C\C(=C/C)c1ccccc1N1c2cc(-n3c4ccccc4c4ccccc43)ccc2B2c3cc(-c4ccccc4)ccc3N(c3c(-c4ccccc4)cccc3-c3ccccc3)c3cc(CCCCCC)cc1c32. The van der Waals surface area contributed by atoms with Gasteiger partial charge in [0.15, 0.2) is 0 Å². The first-order chi connectivity index (χ1) is 37.6. The van der Waals surface area contributed by atoms with Gasteiger partial charge >= 0.3 is 0 Å². The Balaban J connectivity index is 1.17. The molecular formula is C72H60BN3. The molecule has 0 amide bonds. The van der Waals surface area contributed by atoms with Gasteiger partial charge in [-0.15, -0.1) is 0 Å². The Morgan fingerprint density at radius 3 is 1.70 bits per heavy atom. The quantitative estimate of drug-likeness (QED) is 0.0648. The van der Waals surface area contributed by atoms with E-state index in [9.17, 15) is 0 Å². The number of allylic oxidation sites excluding steroid dienone is 4. The predicted molar refractivity (Wildman–Crippen MR) is 327 cm³/mol. The van der Waals surface area contributed by atoms with E-state index in [4.69, 9.17) is 0 Å². The van der Waals surface area contributed by atoms with Gasteiger partial charge in [-0.05, 0) is 125 Å². The van der Waals surface area contributed by atoms with Crippen LogP contribution in [0, 0.1) is 0 Å². The molecule has 4 heteroatoms. The number of fused-ring (bicyclic) bond motifs is 7. The van der Waals surface area contributed by atoms with E-state index in [-0.39, 0.29) is 6.71 Å². The number of para-hydroxylation sites is 4. The molecule has 0 bridgehead atoms. The van der Waals surface area contributed by atoms with E-state index < -0.39 is 0 Å². The molecule has 10 aromatic carbocycles. The predicted octanol–water partition coefficient (Wildman–Crippen LogP) is 18.0. The average Bonchev–Trinajstić information content (AvgIpc) is 3.87. The molecule has 0 aliphatic carbocycles. The van der Waals surface area contributed by atoms with Crippen molar-refractivity contribution in [1.82, 2.24) is 4.57 Å². The summed E-state index contributed by atoms with van der Waals surface area (Å²) in [5.74, 6) is 0. The lowest BCUT2D eigenvalue weighted by Gasteiger charge is -2.45. The smallest absolute Gasteiger partial charge is 0.252 e. The average molecular weight is 978 g/mol. The van der Waals surface area contributed by atoms with E-state index >= 15 is 0 Å². The number of rotatable bonds is 13. The lowest BCUT2D eigenvalue weighted by atomic mass is 9.33. The molecule has 11 aromatic rings. The third kappa shape index (κ3) is 7.99. The molecule has 0 atom stereocenters. The Kier molecular flexibility index (Phi) is 12.4. The lowest BCUT2D eigenvalue weighted by molar-refractivity contribution is 0.667. The van der Waals surface area contributed by atoms with Crippen LogP contribution in [0.25, 0.3) is 66.4 Å². The molecule has 0 radical (unpaired) electrons. The third-order valence-corrected chi connectivity index (χ3v) is 15.9. The van der Waals surface area contributed by atoms with E-state index in [1.807, 2.05) is 0 Å². The molecule has 76 heavy (non-hydrogen) atoms.